The number of rotatable bonds is 5. The van der Waals surface area contributed by atoms with Gasteiger partial charge >= 0.3 is 0 Å². The first kappa shape index (κ1) is 16.8. The predicted octanol–water partition coefficient (Wildman–Crippen LogP) is 5.79. The SMILES string of the molecule is O=C(CCC1CCCCC1)Nc1ccc2oc(-c3ccccc3)nc2c1. The lowest BCUT2D eigenvalue weighted by Gasteiger charge is -2.20. The van der Waals surface area contributed by atoms with Crippen molar-refractivity contribution < 1.29 is 9.21 Å². The fourth-order valence-corrected chi connectivity index (χ4v) is 3.74. The van der Waals surface area contributed by atoms with Crippen molar-refractivity contribution in [3.8, 4) is 11.5 Å². The monoisotopic (exact) mass is 348 g/mol. The van der Waals surface area contributed by atoms with E-state index in [9.17, 15) is 4.79 Å². The average Bonchev–Trinajstić information content (AvgIpc) is 3.11. The van der Waals surface area contributed by atoms with Crippen molar-refractivity contribution in [1.82, 2.24) is 4.98 Å². The predicted molar refractivity (Wildman–Crippen MR) is 104 cm³/mol. The number of amides is 1. The second kappa shape index (κ2) is 7.73. The van der Waals surface area contributed by atoms with E-state index >= 15 is 0 Å². The summed E-state index contributed by atoms with van der Waals surface area (Å²) in [4.78, 5) is 16.8. The summed E-state index contributed by atoms with van der Waals surface area (Å²) in [7, 11) is 0. The minimum absolute atomic E-state index is 0.0849. The lowest BCUT2D eigenvalue weighted by molar-refractivity contribution is -0.116. The summed E-state index contributed by atoms with van der Waals surface area (Å²) >= 11 is 0. The number of benzene rings is 2. The van der Waals surface area contributed by atoms with Gasteiger partial charge in [0.25, 0.3) is 0 Å². The Hall–Kier alpha value is -2.62. The highest BCUT2D eigenvalue weighted by molar-refractivity contribution is 5.93. The Kier molecular flexibility index (Phi) is 5.00. The van der Waals surface area contributed by atoms with E-state index in [1.165, 1.54) is 32.1 Å². The number of carbonyl (C=O) groups excluding carboxylic acids is 1. The normalized spacial score (nSPS) is 15.2. The van der Waals surface area contributed by atoms with Crippen LogP contribution in [0, 0.1) is 5.92 Å². The van der Waals surface area contributed by atoms with Gasteiger partial charge in [0.1, 0.15) is 5.52 Å². The van der Waals surface area contributed by atoms with Gasteiger partial charge in [-0.2, -0.15) is 0 Å². The third kappa shape index (κ3) is 3.96. The topological polar surface area (TPSA) is 55.1 Å². The summed E-state index contributed by atoms with van der Waals surface area (Å²) in [6.07, 6.45) is 8.14. The molecular formula is C22H24N2O2. The Morgan fingerprint density at radius 1 is 1.08 bits per heavy atom. The van der Waals surface area contributed by atoms with E-state index in [0.29, 0.717) is 12.3 Å². The highest BCUT2D eigenvalue weighted by Gasteiger charge is 2.15. The number of hydrogen-bond donors (Lipinski definition) is 1. The third-order valence-electron chi connectivity index (χ3n) is 5.20. The number of fused-ring (bicyclic) bond motifs is 1. The van der Waals surface area contributed by atoms with Crippen LogP contribution in [0.5, 0.6) is 0 Å². The quantitative estimate of drug-likeness (QED) is 0.634. The number of anilines is 1. The molecule has 0 aliphatic heterocycles. The average molecular weight is 348 g/mol. The fourth-order valence-electron chi connectivity index (χ4n) is 3.74. The lowest BCUT2D eigenvalue weighted by Crippen LogP contribution is -2.14. The van der Waals surface area contributed by atoms with Crippen molar-refractivity contribution in [2.24, 2.45) is 5.92 Å². The second-order valence-electron chi connectivity index (χ2n) is 7.16. The van der Waals surface area contributed by atoms with Gasteiger partial charge in [-0.1, -0.05) is 50.3 Å². The number of carbonyl (C=O) groups is 1. The maximum Gasteiger partial charge on any atom is 0.227 e. The zero-order valence-electron chi connectivity index (χ0n) is 14.9. The molecule has 1 saturated carbocycles. The molecule has 1 heterocycles. The van der Waals surface area contributed by atoms with Crippen molar-refractivity contribution in [2.45, 2.75) is 44.9 Å². The molecule has 0 bridgehead atoms. The van der Waals surface area contributed by atoms with E-state index in [2.05, 4.69) is 10.3 Å². The summed E-state index contributed by atoms with van der Waals surface area (Å²) < 4.78 is 5.82. The first-order valence-corrected chi connectivity index (χ1v) is 9.54. The number of hydrogen-bond acceptors (Lipinski definition) is 3. The van der Waals surface area contributed by atoms with Gasteiger partial charge in [0.15, 0.2) is 5.58 Å². The van der Waals surface area contributed by atoms with Gasteiger partial charge in [0, 0.05) is 17.7 Å². The minimum Gasteiger partial charge on any atom is -0.436 e. The highest BCUT2D eigenvalue weighted by atomic mass is 16.3. The molecule has 1 amide bonds. The van der Waals surface area contributed by atoms with E-state index in [4.69, 9.17) is 4.42 Å². The van der Waals surface area contributed by atoms with Crippen molar-refractivity contribution >= 4 is 22.7 Å². The summed E-state index contributed by atoms with van der Waals surface area (Å²) in [5.74, 6) is 1.41. The van der Waals surface area contributed by atoms with Crippen molar-refractivity contribution in [2.75, 3.05) is 5.32 Å². The Morgan fingerprint density at radius 3 is 2.69 bits per heavy atom. The van der Waals surface area contributed by atoms with Gasteiger partial charge in [-0.25, -0.2) is 4.98 Å². The molecule has 1 aliphatic rings. The minimum atomic E-state index is 0.0849. The maximum absolute atomic E-state index is 12.3. The van der Waals surface area contributed by atoms with Crippen LogP contribution < -0.4 is 5.32 Å². The molecule has 2 aromatic carbocycles. The number of aromatic nitrogens is 1. The Morgan fingerprint density at radius 2 is 1.88 bits per heavy atom. The molecule has 134 valence electrons. The molecule has 1 fully saturated rings. The van der Waals surface area contributed by atoms with Gasteiger partial charge in [-0.3, -0.25) is 4.79 Å². The van der Waals surface area contributed by atoms with Crippen LogP contribution >= 0.6 is 0 Å². The molecule has 4 rings (SSSR count). The molecule has 0 saturated heterocycles. The molecule has 0 unspecified atom stereocenters. The zero-order valence-corrected chi connectivity index (χ0v) is 14.9. The van der Waals surface area contributed by atoms with Crippen LogP contribution in [-0.4, -0.2) is 10.9 Å². The molecule has 0 atom stereocenters. The molecular weight excluding hydrogens is 324 g/mol. The Balaban J connectivity index is 1.41. The van der Waals surface area contributed by atoms with E-state index in [1.54, 1.807) is 0 Å². The largest absolute Gasteiger partial charge is 0.436 e. The standard InChI is InChI=1S/C22H24N2O2/c25-21(14-11-16-7-3-1-4-8-16)23-18-12-13-20-19(15-18)24-22(26-20)17-9-5-2-6-10-17/h2,5-6,9-10,12-13,15-16H,1,3-4,7-8,11,14H2,(H,23,25). The van der Waals surface area contributed by atoms with Crippen LogP contribution in [0.3, 0.4) is 0 Å². The van der Waals surface area contributed by atoms with Gasteiger partial charge in [-0.15, -0.1) is 0 Å². The van der Waals surface area contributed by atoms with Crippen molar-refractivity contribution in [1.29, 1.82) is 0 Å². The zero-order chi connectivity index (χ0) is 17.8. The summed E-state index contributed by atoms with van der Waals surface area (Å²) in [6.45, 7) is 0. The van der Waals surface area contributed by atoms with Crippen LogP contribution in [-0.2, 0) is 4.79 Å². The van der Waals surface area contributed by atoms with Gasteiger partial charge in [-0.05, 0) is 42.7 Å². The van der Waals surface area contributed by atoms with Gasteiger partial charge in [0.05, 0.1) is 0 Å². The van der Waals surface area contributed by atoms with Gasteiger partial charge < -0.3 is 9.73 Å². The van der Waals surface area contributed by atoms with E-state index in [1.807, 2.05) is 48.5 Å². The molecule has 26 heavy (non-hydrogen) atoms. The summed E-state index contributed by atoms with van der Waals surface area (Å²) in [5.41, 5.74) is 3.21. The Labute approximate surface area is 153 Å². The fraction of sp³-hybridized carbons (Fsp3) is 0.364. The first-order valence-electron chi connectivity index (χ1n) is 9.54. The smallest absolute Gasteiger partial charge is 0.227 e. The van der Waals surface area contributed by atoms with Crippen LogP contribution in [0.25, 0.3) is 22.6 Å². The first-order chi connectivity index (χ1) is 12.8. The number of nitrogens with one attached hydrogen (secondary N) is 1. The van der Waals surface area contributed by atoms with E-state index < -0.39 is 0 Å². The molecule has 4 heteroatoms. The molecule has 1 aliphatic carbocycles. The molecule has 1 N–H and O–H groups in total. The number of oxazole rings is 1. The Bertz CT molecular complexity index is 880. The lowest BCUT2D eigenvalue weighted by atomic mass is 9.86. The highest BCUT2D eigenvalue weighted by Crippen LogP contribution is 2.28. The summed E-state index contributed by atoms with van der Waals surface area (Å²) in [5, 5.41) is 3.00. The molecule has 4 nitrogen and oxygen atoms in total. The van der Waals surface area contributed by atoms with E-state index in [-0.39, 0.29) is 5.91 Å². The van der Waals surface area contributed by atoms with Crippen LogP contribution in [0.4, 0.5) is 5.69 Å². The van der Waals surface area contributed by atoms with Crippen molar-refractivity contribution in [3.05, 3.63) is 48.5 Å². The second-order valence-corrected chi connectivity index (χ2v) is 7.16. The van der Waals surface area contributed by atoms with Crippen LogP contribution in [0.2, 0.25) is 0 Å². The molecule has 0 spiro atoms. The van der Waals surface area contributed by atoms with Crippen molar-refractivity contribution in [3.63, 3.8) is 0 Å². The molecule has 1 aromatic heterocycles. The number of nitrogens with zero attached hydrogens (tertiary/aromatic N) is 1. The third-order valence-corrected chi connectivity index (χ3v) is 5.20. The summed E-state index contributed by atoms with van der Waals surface area (Å²) in [6, 6.07) is 15.4. The van der Waals surface area contributed by atoms with Crippen LogP contribution in [0.1, 0.15) is 44.9 Å². The van der Waals surface area contributed by atoms with Crippen LogP contribution in [0.15, 0.2) is 52.9 Å². The molecule has 3 aromatic rings. The molecule has 0 radical (unpaired) electrons. The van der Waals surface area contributed by atoms with E-state index in [0.717, 1.165) is 34.7 Å². The van der Waals surface area contributed by atoms with Gasteiger partial charge in [0.2, 0.25) is 11.8 Å². The maximum atomic E-state index is 12.3.